The predicted octanol–water partition coefficient (Wildman–Crippen LogP) is 2.97. The summed E-state index contributed by atoms with van der Waals surface area (Å²) in [4.78, 5) is 1.19. The van der Waals surface area contributed by atoms with Gasteiger partial charge in [-0.05, 0) is 41.9 Å². The zero-order chi connectivity index (χ0) is 15.5. The minimum atomic E-state index is -3.65. The van der Waals surface area contributed by atoms with Crippen LogP contribution >= 0.6 is 38.6 Å². The van der Waals surface area contributed by atoms with E-state index in [0.29, 0.717) is 15.3 Å². The number of hydrogen-bond acceptors (Lipinski definition) is 7. The highest BCUT2D eigenvalue weighted by molar-refractivity contribution is 9.11. The lowest BCUT2D eigenvalue weighted by Crippen LogP contribution is -2.14. The van der Waals surface area contributed by atoms with Crippen molar-refractivity contribution in [2.24, 2.45) is 0 Å². The van der Waals surface area contributed by atoms with Gasteiger partial charge in [0.1, 0.15) is 9.90 Å². The lowest BCUT2D eigenvalue weighted by atomic mass is 10.4. The standard InChI is InChI=1S/C11H15BrN4O2S3/c1-3-4-13-6-8-5-9(10(12)20-8)21(17,18)16-11-15-14-7(2)19-11/h5,13H,3-4,6H2,1-2H3,(H,15,16). The van der Waals surface area contributed by atoms with Gasteiger partial charge in [-0.1, -0.05) is 18.3 Å². The Morgan fingerprint density at radius 3 is 2.71 bits per heavy atom. The molecule has 0 unspecified atom stereocenters. The number of hydrogen-bond donors (Lipinski definition) is 2. The molecule has 0 saturated heterocycles. The summed E-state index contributed by atoms with van der Waals surface area (Å²) in [6.45, 7) is 5.42. The molecule has 0 spiro atoms. The van der Waals surface area contributed by atoms with Crippen molar-refractivity contribution in [2.75, 3.05) is 11.3 Å². The molecule has 116 valence electrons. The number of aryl methyl sites for hydroxylation is 1. The summed E-state index contributed by atoms with van der Waals surface area (Å²) in [7, 11) is -3.65. The number of anilines is 1. The molecule has 0 saturated carbocycles. The van der Waals surface area contributed by atoms with Crippen molar-refractivity contribution in [3.05, 3.63) is 19.7 Å². The van der Waals surface area contributed by atoms with Crippen LogP contribution in [0.15, 0.2) is 14.7 Å². The molecule has 6 nitrogen and oxygen atoms in total. The van der Waals surface area contributed by atoms with E-state index in [2.05, 4.69) is 43.1 Å². The SMILES string of the molecule is CCCNCc1cc(S(=O)(=O)Nc2nnc(C)s2)c(Br)s1. The molecule has 2 aromatic heterocycles. The second-order valence-electron chi connectivity index (χ2n) is 4.26. The lowest BCUT2D eigenvalue weighted by molar-refractivity contribution is 0.601. The molecule has 2 aromatic rings. The Labute approximate surface area is 140 Å². The molecule has 0 aromatic carbocycles. The quantitative estimate of drug-likeness (QED) is 0.685. The van der Waals surface area contributed by atoms with Crippen LogP contribution in [-0.2, 0) is 16.6 Å². The van der Waals surface area contributed by atoms with E-state index in [1.54, 1.807) is 13.0 Å². The van der Waals surface area contributed by atoms with Crippen molar-refractivity contribution < 1.29 is 8.42 Å². The van der Waals surface area contributed by atoms with Crippen LogP contribution in [0.1, 0.15) is 23.2 Å². The van der Waals surface area contributed by atoms with Gasteiger partial charge in [-0.25, -0.2) is 8.42 Å². The third-order valence-electron chi connectivity index (χ3n) is 2.47. The molecule has 21 heavy (non-hydrogen) atoms. The maximum absolute atomic E-state index is 12.4. The van der Waals surface area contributed by atoms with Crippen LogP contribution in [0.25, 0.3) is 0 Å². The summed E-state index contributed by atoms with van der Waals surface area (Å²) in [5.74, 6) is 0. The average Bonchev–Trinajstić information content (AvgIpc) is 2.96. The number of rotatable bonds is 7. The smallest absolute Gasteiger partial charge is 0.265 e. The van der Waals surface area contributed by atoms with Gasteiger partial charge in [0.15, 0.2) is 0 Å². The minimum Gasteiger partial charge on any atom is -0.312 e. The van der Waals surface area contributed by atoms with E-state index >= 15 is 0 Å². The fraction of sp³-hybridized carbons (Fsp3) is 0.455. The van der Waals surface area contributed by atoms with Crippen molar-refractivity contribution in [1.82, 2.24) is 15.5 Å². The molecule has 0 aliphatic carbocycles. The Balaban J connectivity index is 2.16. The maximum atomic E-state index is 12.4. The fourth-order valence-corrected chi connectivity index (χ4v) is 6.04. The number of sulfonamides is 1. The molecular formula is C11H15BrN4O2S3. The van der Waals surface area contributed by atoms with Crippen molar-refractivity contribution >= 4 is 53.8 Å². The Morgan fingerprint density at radius 1 is 1.33 bits per heavy atom. The zero-order valence-electron chi connectivity index (χ0n) is 11.5. The first-order valence-corrected chi connectivity index (χ1v) is 10.1. The number of thiophene rings is 1. The van der Waals surface area contributed by atoms with Crippen molar-refractivity contribution in [3.8, 4) is 0 Å². The van der Waals surface area contributed by atoms with Gasteiger partial charge < -0.3 is 5.32 Å². The monoisotopic (exact) mass is 410 g/mol. The summed E-state index contributed by atoms with van der Waals surface area (Å²) in [5.41, 5.74) is 0. The first-order valence-electron chi connectivity index (χ1n) is 6.24. The molecule has 0 fully saturated rings. The minimum absolute atomic E-state index is 0.230. The second-order valence-corrected chi connectivity index (χ2v) is 9.55. The highest BCUT2D eigenvalue weighted by Crippen LogP contribution is 2.33. The molecule has 0 aliphatic rings. The summed E-state index contributed by atoms with van der Waals surface area (Å²) < 4.78 is 27.8. The number of halogens is 1. The average molecular weight is 411 g/mol. The van der Waals surface area contributed by atoms with Crippen LogP contribution in [0, 0.1) is 6.92 Å². The van der Waals surface area contributed by atoms with Crippen molar-refractivity contribution in [2.45, 2.75) is 31.7 Å². The normalized spacial score (nSPS) is 11.8. The van der Waals surface area contributed by atoms with E-state index in [4.69, 9.17) is 0 Å². The van der Waals surface area contributed by atoms with Gasteiger partial charge in [0.05, 0.1) is 3.79 Å². The zero-order valence-corrected chi connectivity index (χ0v) is 15.5. The number of aromatic nitrogens is 2. The Morgan fingerprint density at radius 2 is 2.10 bits per heavy atom. The van der Waals surface area contributed by atoms with Crippen LogP contribution in [0.3, 0.4) is 0 Å². The molecule has 0 amide bonds. The van der Waals surface area contributed by atoms with E-state index in [1.807, 2.05) is 0 Å². The highest BCUT2D eigenvalue weighted by atomic mass is 79.9. The van der Waals surface area contributed by atoms with Crippen LogP contribution in [0.2, 0.25) is 0 Å². The van der Waals surface area contributed by atoms with E-state index in [9.17, 15) is 8.42 Å². The van der Waals surface area contributed by atoms with Crippen LogP contribution in [-0.4, -0.2) is 25.2 Å². The number of nitrogens with one attached hydrogen (secondary N) is 2. The Bertz CT molecular complexity index is 711. The van der Waals surface area contributed by atoms with E-state index in [0.717, 1.165) is 17.8 Å². The molecular weight excluding hydrogens is 396 g/mol. The lowest BCUT2D eigenvalue weighted by Gasteiger charge is -2.02. The summed E-state index contributed by atoms with van der Waals surface area (Å²) in [5, 5.41) is 11.8. The maximum Gasteiger partial charge on any atom is 0.265 e. The van der Waals surface area contributed by atoms with Gasteiger partial charge in [-0.15, -0.1) is 21.5 Å². The molecule has 0 bridgehead atoms. The Kier molecular flexibility index (Phi) is 5.72. The topological polar surface area (TPSA) is 84.0 Å². The third kappa shape index (κ3) is 4.46. The molecule has 0 radical (unpaired) electrons. The largest absolute Gasteiger partial charge is 0.312 e. The van der Waals surface area contributed by atoms with Crippen molar-refractivity contribution in [1.29, 1.82) is 0 Å². The first kappa shape index (κ1) is 16.8. The Hall–Kier alpha value is -0.550. The summed E-state index contributed by atoms with van der Waals surface area (Å²) in [6, 6.07) is 1.67. The third-order valence-corrected chi connectivity index (χ3v) is 6.94. The molecule has 2 N–H and O–H groups in total. The highest BCUT2D eigenvalue weighted by Gasteiger charge is 2.22. The van der Waals surface area contributed by atoms with Gasteiger partial charge in [0.25, 0.3) is 10.0 Å². The van der Waals surface area contributed by atoms with Gasteiger partial charge >= 0.3 is 0 Å². The first-order chi connectivity index (χ1) is 9.92. The molecule has 0 aliphatic heterocycles. The van der Waals surface area contributed by atoms with Gasteiger partial charge in [-0.2, -0.15) is 0 Å². The predicted molar refractivity (Wildman–Crippen MR) is 89.5 cm³/mol. The van der Waals surface area contributed by atoms with Crippen LogP contribution in [0.4, 0.5) is 5.13 Å². The summed E-state index contributed by atoms with van der Waals surface area (Å²) >= 11 is 5.93. The van der Waals surface area contributed by atoms with Gasteiger partial charge in [0, 0.05) is 11.4 Å². The summed E-state index contributed by atoms with van der Waals surface area (Å²) in [6.07, 6.45) is 1.04. The van der Waals surface area contributed by atoms with E-state index < -0.39 is 10.0 Å². The fourth-order valence-electron chi connectivity index (χ4n) is 1.56. The van der Waals surface area contributed by atoms with Crippen LogP contribution < -0.4 is 10.0 Å². The van der Waals surface area contributed by atoms with E-state index in [1.165, 1.54) is 22.7 Å². The molecule has 2 rings (SSSR count). The molecule has 10 heteroatoms. The van der Waals surface area contributed by atoms with Gasteiger partial charge in [0.2, 0.25) is 5.13 Å². The van der Waals surface area contributed by atoms with Crippen LogP contribution in [0.5, 0.6) is 0 Å². The second kappa shape index (κ2) is 7.14. The van der Waals surface area contributed by atoms with Crippen molar-refractivity contribution in [3.63, 3.8) is 0 Å². The molecule has 2 heterocycles. The number of nitrogens with zero attached hydrogens (tertiary/aromatic N) is 2. The van der Waals surface area contributed by atoms with E-state index in [-0.39, 0.29) is 10.0 Å². The van der Waals surface area contributed by atoms with Gasteiger partial charge in [-0.3, -0.25) is 4.72 Å². The molecule has 0 atom stereocenters.